The minimum absolute atomic E-state index is 0.728. The van der Waals surface area contributed by atoms with Crippen molar-refractivity contribution in [3.8, 4) is 11.4 Å². The number of nitrogens with two attached hydrogens (primary N) is 1. The van der Waals surface area contributed by atoms with Crippen LogP contribution in [0.2, 0.25) is 0 Å². The summed E-state index contributed by atoms with van der Waals surface area (Å²) in [5.74, 6) is 0.797. The number of aromatic nitrogens is 3. The van der Waals surface area contributed by atoms with Gasteiger partial charge >= 0.3 is 0 Å². The molecule has 0 fully saturated rings. The summed E-state index contributed by atoms with van der Waals surface area (Å²) in [5.41, 5.74) is 8.70. The van der Waals surface area contributed by atoms with Crippen LogP contribution in [0.1, 0.15) is 5.56 Å². The smallest absolute Gasteiger partial charge is 0.159 e. The molecule has 72 valence electrons. The van der Waals surface area contributed by atoms with E-state index in [1.165, 1.54) is 6.33 Å². The summed E-state index contributed by atoms with van der Waals surface area (Å²) in [6, 6.07) is 5.88. The Labute approximate surface area is 82.4 Å². The van der Waals surface area contributed by atoms with E-state index < -0.39 is 0 Å². The molecule has 1 aromatic carbocycles. The first-order chi connectivity index (χ1) is 6.68. The number of hydrogen-bond donors (Lipinski definition) is 1. The lowest BCUT2D eigenvalue weighted by atomic mass is 10.1. The third kappa shape index (κ3) is 1.35. The molecule has 0 aliphatic rings. The Morgan fingerprint density at radius 3 is 2.79 bits per heavy atom. The standard InChI is InChI=1S/C10H12N4/c1-7-3-4-9(11)8(5-7)10-12-6-13-14(10)2/h3-6H,11H2,1-2H3. The van der Waals surface area contributed by atoms with Gasteiger partial charge in [-0.3, -0.25) is 0 Å². The van der Waals surface area contributed by atoms with E-state index in [1.807, 2.05) is 32.2 Å². The van der Waals surface area contributed by atoms with Crippen LogP contribution in [-0.4, -0.2) is 14.8 Å². The van der Waals surface area contributed by atoms with E-state index >= 15 is 0 Å². The average molecular weight is 188 g/mol. The first-order valence-electron chi connectivity index (χ1n) is 4.39. The van der Waals surface area contributed by atoms with Crippen molar-refractivity contribution in [2.24, 2.45) is 7.05 Å². The van der Waals surface area contributed by atoms with Crippen LogP contribution in [0.15, 0.2) is 24.5 Å². The fraction of sp³-hybridized carbons (Fsp3) is 0.200. The van der Waals surface area contributed by atoms with Crippen LogP contribution in [0.25, 0.3) is 11.4 Å². The van der Waals surface area contributed by atoms with Gasteiger partial charge in [0.1, 0.15) is 6.33 Å². The number of nitrogens with zero attached hydrogens (tertiary/aromatic N) is 3. The highest BCUT2D eigenvalue weighted by molar-refractivity contribution is 5.72. The Bertz CT molecular complexity index is 459. The zero-order valence-electron chi connectivity index (χ0n) is 8.23. The topological polar surface area (TPSA) is 56.7 Å². The number of hydrogen-bond acceptors (Lipinski definition) is 3. The van der Waals surface area contributed by atoms with Crippen molar-refractivity contribution < 1.29 is 0 Å². The molecule has 4 heteroatoms. The van der Waals surface area contributed by atoms with E-state index in [9.17, 15) is 0 Å². The van der Waals surface area contributed by atoms with Gasteiger partial charge in [0, 0.05) is 18.3 Å². The van der Waals surface area contributed by atoms with Crippen LogP contribution < -0.4 is 5.73 Å². The SMILES string of the molecule is Cc1ccc(N)c(-c2ncnn2C)c1. The second-order valence-corrected chi connectivity index (χ2v) is 3.30. The highest BCUT2D eigenvalue weighted by Crippen LogP contribution is 2.23. The first-order valence-corrected chi connectivity index (χ1v) is 4.39. The zero-order chi connectivity index (χ0) is 10.1. The molecule has 0 bridgehead atoms. The molecule has 0 radical (unpaired) electrons. The maximum atomic E-state index is 5.87. The summed E-state index contributed by atoms with van der Waals surface area (Å²) in [4.78, 5) is 4.16. The van der Waals surface area contributed by atoms with Gasteiger partial charge in [0.15, 0.2) is 5.82 Å². The number of rotatable bonds is 1. The van der Waals surface area contributed by atoms with E-state index in [0.29, 0.717) is 0 Å². The third-order valence-corrected chi connectivity index (χ3v) is 2.16. The van der Waals surface area contributed by atoms with Crippen LogP contribution in [0.4, 0.5) is 5.69 Å². The van der Waals surface area contributed by atoms with Crippen molar-refractivity contribution in [3.05, 3.63) is 30.1 Å². The Balaban J connectivity index is 2.62. The fourth-order valence-electron chi connectivity index (χ4n) is 1.40. The van der Waals surface area contributed by atoms with Crippen molar-refractivity contribution >= 4 is 5.69 Å². The van der Waals surface area contributed by atoms with E-state index in [1.54, 1.807) is 4.68 Å². The Kier molecular flexibility index (Phi) is 1.96. The van der Waals surface area contributed by atoms with Crippen LogP contribution in [-0.2, 0) is 7.05 Å². The van der Waals surface area contributed by atoms with Crippen molar-refractivity contribution in [1.82, 2.24) is 14.8 Å². The van der Waals surface area contributed by atoms with E-state index in [0.717, 1.165) is 22.6 Å². The van der Waals surface area contributed by atoms with Gasteiger partial charge in [-0.05, 0) is 19.1 Å². The summed E-state index contributed by atoms with van der Waals surface area (Å²) in [6.45, 7) is 2.03. The number of aryl methyl sites for hydroxylation is 2. The van der Waals surface area contributed by atoms with Crippen molar-refractivity contribution in [1.29, 1.82) is 0 Å². The van der Waals surface area contributed by atoms with Crippen molar-refractivity contribution in [2.75, 3.05) is 5.73 Å². The minimum atomic E-state index is 0.728. The van der Waals surface area contributed by atoms with Gasteiger partial charge in [-0.2, -0.15) is 5.10 Å². The number of nitrogen functional groups attached to an aromatic ring is 1. The van der Waals surface area contributed by atoms with Gasteiger partial charge < -0.3 is 5.73 Å². The lowest BCUT2D eigenvalue weighted by molar-refractivity contribution is 0.775. The molecule has 14 heavy (non-hydrogen) atoms. The van der Waals surface area contributed by atoms with Gasteiger partial charge in [0.25, 0.3) is 0 Å². The summed E-state index contributed by atoms with van der Waals surface area (Å²) in [7, 11) is 1.85. The highest BCUT2D eigenvalue weighted by Gasteiger charge is 2.07. The van der Waals surface area contributed by atoms with Crippen LogP contribution in [0.3, 0.4) is 0 Å². The monoisotopic (exact) mass is 188 g/mol. The molecule has 0 amide bonds. The summed E-state index contributed by atoms with van der Waals surface area (Å²) in [6.07, 6.45) is 1.52. The normalized spacial score (nSPS) is 10.4. The van der Waals surface area contributed by atoms with Crippen LogP contribution in [0.5, 0.6) is 0 Å². The molecule has 1 aromatic heterocycles. The molecule has 4 nitrogen and oxygen atoms in total. The van der Waals surface area contributed by atoms with E-state index in [2.05, 4.69) is 10.1 Å². The Hall–Kier alpha value is -1.84. The molecule has 0 unspecified atom stereocenters. The molecule has 0 saturated heterocycles. The third-order valence-electron chi connectivity index (χ3n) is 2.16. The second kappa shape index (κ2) is 3.14. The number of anilines is 1. The molecule has 0 aliphatic carbocycles. The predicted molar refractivity (Wildman–Crippen MR) is 55.6 cm³/mol. The van der Waals surface area contributed by atoms with Gasteiger partial charge in [0.2, 0.25) is 0 Å². The highest BCUT2D eigenvalue weighted by atomic mass is 15.3. The molecule has 0 spiro atoms. The summed E-state index contributed by atoms with van der Waals surface area (Å²) < 4.78 is 1.71. The zero-order valence-corrected chi connectivity index (χ0v) is 8.23. The Morgan fingerprint density at radius 2 is 2.14 bits per heavy atom. The maximum Gasteiger partial charge on any atom is 0.159 e. The van der Waals surface area contributed by atoms with E-state index in [4.69, 9.17) is 5.73 Å². The quantitative estimate of drug-likeness (QED) is 0.688. The molecule has 2 N–H and O–H groups in total. The van der Waals surface area contributed by atoms with Crippen molar-refractivity contribution in [2.45, 2.75) is 6.92 Å². The van der Waals surface area contributed by atoms with Crippen molar-refractivity contribution in [3.63, 3.8) is 0 Å². The fourth-order valence-corrected chi connectivity index (χ4v) is 1.40. The molecular weight excluding hydrogens is 176 g/mol. The second-order valence-electron chi connectivity index (χ2n) is 3.30. The maximum absolute atomic E-state index is 5.87. The average Bonchev–Trinajstić information content (AvgIpc) is 2.56. The molecule has 2 aromatic rings. The van der Waals surface area contributed by atoms with Gasteiger partial charge in [-0.1, -0.05) is 11.6 Å². The summed E-state index contributed by atoms with van der Waals surface area (Å²) >= 11 is 0. The van der Waals surface area contributed by atoms with Crippen LogP contribution in [0, 0.1) is 6.92 Å². The molecular formula is C10H12N4. The minimum Gasteiger partial charge on any atom is -0.398 e. The van der Waals surface area contributed by atoms with Crippen LogP contribution >= 0.6 is 0 Å². The van der Waals surface area contributed by atoms with Gasteiger partial charge in [0.05, 0.1) is 0 Å². The molecule has 0 atom stereocenters. The molecule has 0 aliphatic heterocycles. The lowest BCUT2D eigenvalue weighted by Crippen LogP contribution is -1.98. The largest absolute Gasteiger partial charge is 0.398 e. The summed E-state index contributed by atoms with van der Waals surface area (Å²) in [5, 5.41) is 4.01. The molecule has 2 rings (SSSR count). The Morgan fingerprint density at radius 1 is 1.36 bits per heavy atom. The lowest BCUT2D eigenvalue weighted by Gasteiger charge is -2.05. The van der Waals surface area contributed by atoms with E-state index in [-0.39, 0.29) is 0 Å². The van der Waals surface area contributed by atoms with Gasteiger partial charge in [-0.25, -0.2) is 9.67 Å². The molecule has 1 heterocycles. The number of benzene rings is 1. The predicted octanol–water partition coefficient (Wildman–Crippen LogP) is 1.37. The van der Waals surface area contributed by atoms with Gasteiger partial charge in [-0.15, -0.1) is 0 Å². The molecule has 0 saturated carbocycles. The first kappa shape index (κ1) is 8.74.